The highest BCUT2D eigenvalue weighted by Crippen LogP contribution is 2.26. The second-order valence-corrected chi connectivity index (χ2v) is 5.05. The predicted octanol–water partition coefficient (Wildman–Crippen LogP) is 2.90. The lowest BCUT2D eigenvalue weighted by atomic mass is 10.3. The maximum atomic E-state index is 13.0. The fraction of sp³-hybridized carbons (Fsp3) is 0.462. The standard InChI is InChI=1S/C13H17FN2O2S/c1-17-7-8-18-6-2-5-15-13-16-11-9-10(14)3-4-12(11)19-13/h3-4,9H,2,5-8H2,1H3,(H,15,16). The predicted molar refractivity (Wildman–Crippen MR) is 75.4 cm³/mol. The average molecular weight is 284 g/mol. The van der Waals surface area contributed by atoms with Crippen molar-refractivity contribution in [1.82, 2.24) is 4.98 Å². The number of anilines is 1. The van der Waals surface area contributed by atoms with Crippen molar-refractivity contribution in [3.8, 4) is 0 Å². The van der Waals surface area contributed by atoms with Crippen molar-refractivity contribution in [2.75, 3.05) is 38.8 Å². The van der Waals surface area contributed by atoms with Crippen molar-refractivity contribution < 1.29 is 13.9 Å². The lowest BCUT2D eigenvalue weighted by Crippen LogP contribution is -2.08. The van der Waals surface area contributed by atoms with E-state index in [0.29, 0.717) is 25.3 Å². The van der Waals surface area contributed by atoms with E-state index >= 15 is 0 Å². The lowest BCUT2D eigenvalue weighted by molar-refractivity contribution is 0.0705. The van der Waals surface area contributed by atoms with E-state index in [4.69, 9.17) is 9.47 Å². The van der Waals surface area contributed by atoms with Crippen LogP contribution in [0.1, 0.15) is 6.42 Å². The van der Waals surface area contributed by atoms with Gasteiger partial charge in [0.1, 0.15) is 5.82 Å². The SMILES string of the molecule is COCCOCCCNc1nc2cc(F)ccc2s1. The largest absolute Gasteiger partial charge is 0.382 e. The van der Waals surface area contributed by atoms with Gasteiger partial charge in [-0.2, -0.15) is 0 Å². The minimum absolute atomic E-state index is 0.254. The molecule has 0 spiro atoms. The van der Waals surface area contributed by atoms with E-state index < -0.39 is 0 Å². The van der Waals surface area contributed by atoms with Gasteiger partial charge < -0.3 is 14.8 Å². The Morgan fingerprint density at radius 3 is 3.05 bits per heavy atom. The van der Waals surface area contributed by atoms with Crippen molar-refractivity contribution in [3.05, 3.63) is 24.0 Å². The number of methoxy groups -OCH3 is 1. The molecule has 0 saturated carbocycles. The zero-order valence-electron chi connectivity index (χ0n) is 10.8. The molecular weight excluding hydrogens is 267 g/mol. The molecule has 0 unspecified atom stereocenters. The molecule has 2 aromatic rings. The number of benzene rings is 1. The molecule has 6 heteroatoms. The average Bonchev–Trinajstić information content (AvgIpc) is 2.79. The van der Waals surface area contributed by atoms with Gasteiger partial charge in [0.2, 0.25) is 0 Å². The van der Waals surface area contributed by atoms with Crippen LogP contribution in [0.4, 0.5) is 9.52 Å². The van der Waals surface area contributed by atoms with E-state index in [9.17, 15) is 4.39 Å². The molecular formula is C13H17FN2O2S. The molecule has 1 aromatic carbocycles. The third-order valence-corrected chi connectivity index (χ3v) is 3.52. The fourth-order valence-corrected chi connectivity index (χ4v) is 2.46. The van der Waals surface area contributed by atoms with Crippen LogP contribution in [-0.4, -0.2) is 38.5 Å². The highest BCUT2D eigenvalue weighted by molar-refractivity contribution is 7.22. The van der Waals surface area contributed by atoms with Crippen molar-refractivity contribution in [1.29, 1.82) is 0 Å². The van der Waals surface area contributed by atoms with Crippen LogP contribution in [0.3, 0.4) is 0 Å². The Bertz CT molecular complexity index is 518. The Labute approximate surface area is 115 Å². The molecule has 1 heterocycles. The number of thiazole rings is 1. The Morgan fingerprint density at radius 2 is 2.21 bits per heavy atom. The summed E-state index contributed by atoms with van der Waals surface area (Å²) in [5.41, 5.74) is 0.698. The van der Waals surface area contributed by atoms with Gasteiger partial charge in [-0.1, -0.05) is 11.3 Å². The van der Waals surface area contributed by atoms with Gasteiger partial charge in [-0.25, -0.2) is 9.37 Å². The van der Waals surface area contributed by atoms with Gasteiger partial charge in [0, 0.05) is 26.3 Å². The monoisotopic (exact) mass is 284 g/mol. The van der Waals surface area contributed by atoms with Gasteiger partial charge in [-0.05, 0) is 18.6 Å². The zero-order valence-corrected chi connectivity index (χ0v) is 11.6. The molecule has 0 aliphatic heterocycles. The van der Waals surface area contributed by atoms with Crippen molar-refractivity contribution >= 4 is 26.7 Å². The van der Waals surface area contributed by atoms with Crippen LogP contribution in [0.2, 0.25) is 0 Å². The van der Waals surface area contributed by atoms with E-state index in [1.54, 1.807) is 13.2 Å². The highest BCUT2D eigenvalue weighted by Gasteiger charge is 2.03. The van der Waals surface area contributed by atoms with Crippen LogP contribution in [0.25, 0.3) is 10.2 Å². The number of halogens is 1. The third-order valence-electron chi connectivity index (χ3n) is 2.52. The fourth-order valence-electron chi connectivity index (χ4n) is 1.59. The second kappa shape index (κ2) is 7.37. The van der Waals surface area contributed by atoms with Crippen molar-refractivity contribution in [2.24, 2.45) is 0 Å². The maximum absolute atomic E-state index is 13.0. The number of aromatic nitrogens is 1. The van der Waals surface area contributed by atoms with E-state index in [-0.39, 0.29) is 5.82 Å². The first-order valence-corrected chi connectivity index (χ1v) is 6.98. The first-order chi connectivity index (χ1) is 9.29. The normalized spacial score (nSPS) is 11.1. The van der Waals surface area contributed by atoms with Crippen LogP contribution in [0, 0.1) is 5.82 Å². The number of fused-ring (bicyclic) bond motifs is 1. The summed E-state index contributed by atoms with van der Waals surface area (Å²) in [4.78, 5) is 4.33. The first kappa shape index (κ1) is 14.2. The van der Waals surface area contributed by atoms with E-state index in [1.807, 2.05) is 0 Å². The summed E-state index contributed by atoms with van der Waals surface area (Å²) in [6.07, 6.45) is 0.897. The molecule has 19 heavy (non-hydrogen) atoms. The van der Waals surface area contributed by atoms with Gasteiger partial charge >= 0.3 is 0 Å². The second-order valence-electron chi connectivity index (χ2n) is 4.02. The molecule has 0 amide bonds. The summed E-state index contributed by atoms with van der Waals surface area (Å²) >= 11 is 1.53. The molecule has 4 nitrogen and oxygen atoms in total. The van der Waals surface area contributed by atoms with E-state index in [1.165, 1.54) is 23.5 Å². The summed E-state index contributed by atoms with van der Waals surface area (Å²) in [6.45, 7) is 2.72. The number of ether oxygens (including phenoxy) is 2. The molecule has 0 saturated heterocycles. The molecule has 104 valence electrons. The Hall–Kier alpha value is -1.24. The topological polar surface area (TPSA) is 43.4 Å². The van der Waals surface area contributed by atoms with Crippen molar-refractivity contribution in [3.63, 3.8) is 0 Å². The van der Waals surface area contributed by atoms with Crippen LogP contribution in [-0.2, 0) is 9.47 Å². The van der Waals surface area contributed by atoms with Crippen LogP contribution < -0.4 is 5.32 Å². The first-order valence-electron chi connectivity index (χ1n) is 6.16. The quantitative estimate of drug-likeness (QED) is 0.757. The Kier molecular flexibility index (Phi) is 5.50. The smallest absolute Gasteiger partial charge is 0.183 e. The number of hydrogen-bond acceptors (Lipinski definition) is 5. The molecule has 0 aliphatic carbocycles. The zero-order chi connectivity index (χ0) is 13.5. The summed E-state index contributed by atoms with van der Waals surface area (Å²) < 4.78 is 24.2. The molecule has 0 bridgehead atoms. The molecule has 0 fully saturated rings. The molecule has 0 atom stereocenters. The molecule has 0 aliphatic rings. The summed E-state index contributed by atoms with van der Waals surface area (Å²) in [6, 6.07) is 4.65. The summed E-state index contributed by atoms with van der Waals surface area (Å²) in [5.74, 6) is -0.254. The molecule has 1 N–H and O–H groups in total. The minimum atomic E-state index is -0.254. The van der Waals surface area contributed by atoms with Gasteiger partial charge in [0.15, 0.2) is 5.13 Å². The van der Waals surface area contributed by atoms with E-state index in [0.717, 1.165) is 22.8 Å². The van der Waals surface area contributed by atoms with Gasteiger partial charge in [0.05, 0.1) is 23.4 Å². The van der Waals surface area contributed by atoms with Crippen LogP contribution in [0.15, 0.2) is 18.2 Å². The summed E-state index contributed by atoms with van der Waals surface area (Å²) in [5, 5.41) is 4.04. The van der Waals surface area contributed by atoms with Crippen molar-refractivity contribution in [2.45, 2.75) is 6.42 Å². The molecule has 2 rings (SSSR count). The van der Waals surface area contributed by atoms with Crippen LogP contribution in [0.5, 0.6) is 0 Å². The summed E-state index contributed by atoms with van der Waals surface area (Å²) in [7, 11) is 1.65. The van der Waals surface area contributed by atoms with Gasteiger partial charge in [0.25, 0.3) is 0 Å². The third kappa shape index (κ3) is 4.41. The highest BCUT2D eigenvalue weighted by atomic mass is 32.1. The minimum Gasteiger partial charge on any atom is -0.382 e. The maximum Gasteiger partial charge on any atom is 0.183 e. The molecule has 0 radical (unpaired) electrons. The Morgan fingerprint density at radius 1 is 1.32 bits per heavy atom. The molecule has 1 aromatic heterocycles. The van der Waals surface area contributed by atoms with Crippen LogP contribution >= 0.6 is 11.3 Å². The van der Waals surface area contributed by atoms with Gasteiger partial charge in [-0.15, -0.1) is 0 Å². The number of nitrogens with zero attached hydrogens (tertiary/aromatic N) is 1. The number of rotatable bonds is 8. The van der Waals surface area contributed by atoms with Gasteiger partial charge in [-0.3, -0.25) is 0 Å². The Balaban J connectivity index is 1.72. The number of hydrogen-bond donors (Lipinski definition) is 1. The lowest BCUT2D eigenvalue weighted by Gasteiger charge is -2.04. The number of nitrogens with one attached hydrogen (secondary N) is 1. The van der Waals surface area contributed by atoms with E-state index in [2.05, 4.69) is 10.3 Å².